The summed E-state index contributed by atoms with van der Waals surface area (Å²) >= 11 is 5.46. The molecule has 2 atom stereocenters. The normalized spacial score (nSPS) is 14.1. The second kappa shape index (κ2) is 6.59. The molecule has 2 unspecified atom stereocenters. The Hall–Kier alpha value is -1.10. The van der Waals surface area contributed by atoms with Crippen LogP contribution in [0.4, 0.5) is 0 Å². The van der Waals surface area contributed by atoms with Crippen molar-refractivity contribution in [3.8, 4) is 0 Å². The van der Waals surface area contributed by atoms with Crippen LogP contribution in [-0.2, 0) is 16.0 Å². The number of alkyl halides is 1. The van der Waals surface area contributed by atoms with E-state index in [2.05, 4.69) is 4.74 Å². The average molecular weight is 259 g/mol. The summed E-state index contributed by atoms with van der Waals surface area (Å²) < 4.78 is 4.55. The number of esters is 1. The molecule has 0 amide bonds. The van der Waals surface area contributed by atoms with Crippen molar-refractivity contribution in [3.05, 3.63) is 35.4 Å². The number of ether oxygens (including phenoxy) is 1. The van der Waals surface area contributed by atoms with Crippen LogP contribution in [0.2, 0.25) is 0 Å². The molecule has 1 aromatic rings. The van der Waals surface area contributed by atoms with E-state index >= 15 is 0 Å². The predicted octanol–water partition coefficient (Wildman–Crippen LogP) is 1.04. The first kappa shape index (κ1) is 14.0. The molecule has 0 aliphatic heterocycles. The van der Waals surface area contributed by atoms with E-state index in [-0.39, 0.29) is 18.3 Å². The Morgan fingerprint density at radius 1 is 1.47 bits per heavy atom. The van der Waals surface area contributed by atoms with Gasteiger partial charge in [0.05, 0.1) is 25.5 Å². The molecule has 0 aliphatic rings. The molecule has 1 aromatic carbocycles. The van der Waals surface area contributed by atoms with Crippen LogP contribution in [0.5, 0.6) is 0 Å². The lowest BCUT2D eigenvalue weighted by Gasteiger charge is -2.16. The molecule has 0 fully saturated rings. The maximum absolute atomic E-state index is 11.1. The molecule has 1 rings (SSSR count). The summed E-state index contributed by atoms with van der Waals surface area (Å²) in [5.74, 6) is -0.405. The summed E-state index contributed by atoms with van der Waals surface area (Å²) in [5, 5.41) is 19.2. The fourth-order valence-electron chi connectivity index (χ4n) is 1.43. The highest BCUT2D eigenvalue weighted by atomic mass is 35.5. The highest BCUT2D eigenvalue weighted by Gasteiger charge is 2.17. The van der Waals surface area contributed by atoms with Crippen LogP contribution in [0.25, 0.3) is 0 Å². The Morgan fingerprint density at radius 3 is 2.76 bits per heavy atom. The smallest absolute Gasteiger partial charge is 0.309 e. The second-order valence-corrected chi connectivity index (χ2v) is 3.97. The predicted molar refractivity (Wildman–Crippen MR) is 63.8 cm³/mol. The van der Waals surface area contributed by atoms with Crippen molar-refractivity contribution in [1.82, 2.24) is 0 Å². The molecular weight excluding hydrogens is 244 g/mol. The summed E-state index contributed by atoms with van der Waals surface area (Å²) in [5.41, 5.74) is 1.25. The van der Waals surface area contributed by atoms with E-state index in [1.54, 1.807) is 24.3 Å². The van der Waals surface area contributed by atoms with Crippen molar-refractivity contribution in [3.63, 3.8) is 0 Å². The van der Waals surface area contributed by atoms with Crippen molar-refractivity contribution in [2.24, 2.45) is 0 Å². The minimum atomic E-state index is -1.05. The molecule has 17 heavy (non-hydrogen) atoms. The standard InChI is InChI=1S/C12H15ClO4/c1-17-11(15)6-8-3-2-4-9(5-8)12(16)10(14)7-13/h2-5,10,12,14,16H,6-7H2,1H3. The molecule has 0 aliphatic carbocycles. The summed E-state index contributed by atoms with van der Waals surface area (Å²) in [4.78, 5) is 11.1. The highest BCUT2D eigenvalue weighted by Crippen LogP contribution is 2.19. The highest BCUT2D eigenvalue weighted by molar-refractivity contribution is 6.18. The lowest BCUT2D eigenvalue weighted by molar-refractivity contribution is -0.139. The maximum Gasteiger partial charge on any atom is 0.309 e. The van der Waals surface area contributed by atoms with Gasteiger partial charge in [-0.15, -0.1) is 11.6 Å². The van der Waals surface area contributed by atoms with Gasteiger partial charge in [0, 0.05) is 0 Å². The van der Waals surface area contributed by atoms with Crippen LogP contribution in [0.15, 0.2) is 24.3 Å². The lowest BCUT2D eigenvalue weighted by Crippen LogP contribution is -2.19. The van der Waals surface area contributed by atoms with E-state index in [0.29, 0.717) is 5.56 Å². The quantitative estimate of drug-likeness (QED) is 0.612. The Kier molecular flexibility index (Phi) is 5.41. The molecule has 5 heteroatoms. The van der Waals surface area contributed by atoms with Crippen LogP contribution in [-0.4, -0.2) is 35.3 Å². The Balaban J connectivity index is 2.81. The monoisotopic (exact) mass is 258 g/mol. The largest absolute Gasteiger partial charge is 0.469 e. The molecule has 0 aromatic heterocycles. The summed E-state index contributed by atoms with van der Waals surface area (Å²) in [6.07, 6.45) is -1.94. The fraction of sp³-hybridized carbons (Fsp3) is 0.417. The molecule has 0 saturated carbocycles. The van der Waals surface area contributed by atoms with Gasteiger partial charge in [0.25, 0.3) is 0 Å². The molecule has 2 N–H and O–H groups in total. The Morgan fingerprint density at radius 2 is 2.18 bits per heavy atom. The molecule has 4 nitrogen and oxygen atoms in total. The number of halogens is 1. The topological polar surface area (TPSA) is 66.8 Å². The van der Waals surface area contributed by atoms with Crippen LogP contribution in [0, 0.1) is 0 Å². The number of hydrogen-bond acceptors (Lipinski definition) is 4. The van der Waals surface area contributed by atoms with Crippen LogP contribution >= 0.6 is 11.6 Å². The first-order valence-corrected chi connectivity index (χ1v) is 5.69. The number of carbonyl (C=O) groups excluding carboxylic acids is 1. The number of benzene rings is 1. The van der Waals surface area contributed by atoms with Gasteiger partial charge in [-0.05, 0) is 11.1 Å². The van der Waals surface area contributed by atoms with Gasteiger partial charge in [0.2, 0.25) is 0 Å². The van der Waals surface area contributed by atoms with Crippen molar-refractivity contribution in [1.29, 1.82) is 0 Å². The van der Waals surface area contributed by atoms with Gasteiger partial charge >= 0.3 is 5.97 Å². The minimum absolute atomic E-state index is 0.0532. The number of aliphatic hydroxyl groups excluding tert-OH is 2. The van der Waals surface area contributed by atoms with Crippen LogP contribution < -0.4 is 0 Å². The van der Waals surface area contributed by atoms with Crippen LogP contribution in [0.3, 0.4) is 0 Å². The molecule has 0 spiro atoms. The van der Waals surface area contributed by atoms with Crippen molar-refractivity contribution in [2.75, 3.05) is 13.0 Å². The van der Waals surface area contributed by atoms with Gasteiger partial charge in [0.15, 0.2) is 0 Å². The Labute approximate surface area is 105 Å². The molecule has 0 bridgehead atoms. The number of rotatable bonds is 5. The van der Waals surface area contributed by atoms with Crippen molar-refractivity contribution in [2.45, 2.75) is 18.6 Å². The Bertz CT molecular complexity index is 381. The van der Waals surface area contributed by atoms with Gasteiger partial charge < -0.3 is 14.9 Å². The van der Waals surface area contributed by atoms with Gasteiger partial charge in [-0.25, -0.2) is 0 Å². The summed E-state index contributed by atoms with van der Waals surface area (Å²) in [6, 6.07) is 6.77. The fourth-order valence-corrected chi connectivity index (χ4v) is 1.60. The average Bonchev–Trinajstić information content (AvgIpc) is 2.37. The zero-order valence-corrected chi connectivity index (χ0v) is 10.2. The van der Waals surface area contributed by atoms with Gasteiger partial charge in [0.1, 0.15) is 6.10 Å². The number of carbonyl (C=O) groups is 1. The van der Waals surface area contributed by atoms with Crippen molar-refractivity contribution < 1.29 is 19.7 Å². The zero-order chi connectivity index (χ0) is 12.8. The van der Waals surface area contributed by atoms with E-state index in [4.69, 9.17) is 11.6 Å². The molecule has 0 heterocycles. The molecule has 94 valence electrons. The maximum atomic E-state index is 11.1. The third kappa shape index (κ3) is 4.00. The van der Waals surface area contributed by atoms with Crippen molar-refractivity contribution >= 4 is 17.6 Å². The SMILES string of the molecule is COC(=O)Cc1cccc(C(O)C(O)CCl)c1. The van der Waals surface area contributed by atoms with Gasteiger partial charge in [-0.1, -0.05) is 24.3 Å². The first-order valence-electron chi connectivity index (χ1n) is 5.16. The number of methoxy groups -OCH3 is 1. The van der Waals surface area contributed by atoms with Crippen LogP contribution in [0.1, 0.15) is 17.2 Å². The summed E-state index contributed by atoms with van der Waals surface area (Å²) in [7, 11) is 1.32. The first-order chi connectivity index (χ1) is 8.08. The van der Waals surface area contributed by atoms with E-state index in [9.17, 15) is 15.0 Å². The second-order valence-electron chi connectivity index (χ2n) is 3.66. The van der Waals surface area contributed by atoms with E-state index in [1.165, 1.54) is 7.11 Å². The zero-order valence-electron chi connectivity index (χ0n) is 9.47. The van der Waals surface area contributed by atoms with E-state index in [0.717, 1.165) is 5.56 Å². The lowest BCUT2D eigenvalue weighted by atomic mass is 10.0. The minimum Gasteiger partial charge on any atom is -0.469 e. The summed E-state index contributed by atoms with van der Waals surface area (Å²) in [6.45, 7) is 0. The number of aliphatic hydroxyl groups is 2. The third-order valence-corrected chi connectivity index (χ3v) is 2.71. The van der Waals surface area contributed by atoms with Gasteiger partial charge in [-0.2, -0.15) is 0 Å². The third-order valence-electron chi connectivity index (χ3n) is 2.39. The van der Waals surface area contributed by atoms with E-state index < -0.39 is 12.2 Å². The molecule has 0 radical (unpaired) electrons. The molecule has 0 saturated heterocycles. The van der Waals surface area contributed by atoms with E-state index in [1.807, 2.05) is 0 Å². The molecular formula is C12H15ClO4. The number of hydrogen-bond donors (Lipinski definition) is 2. The van der Waals surface area contributed by atoms with Gasteiger partial charge in [-0.3, -0.25) is 4.79 Å².